The average Bonchev–Trinajstić information content (AvgIpc) is 2.48. The van der Waals surface area contributed by atoms with Gasteiger partial charge in [-0.05, 0) is 44.0 Å². The first-order chi connectivity index (χ1) is 9.63. The molecule has 2 aromatic carbocycles. The van der Waals surface area contributed by atoms with Gasteiger partial charge in [-0.25, -0.2) is 4.39 Å². The Labute approximate surface area is 120 Å². The predicted molar refractivity (Wildman–Crippen MR) is 82.5 cm³/mol. The molecule has 0 amide bonds. The molecule has 0 bridgehead atoms. The summed E-state index contributed by atoms with van der Waals surface area (Å²) >= 11 is 0. The third-order valence-corrected chi connectivity index (χ3v) is 3.75. The number of halogens is 1. The van der Waals surface area contributed by atoms with E-state index in [1.165, 1.54) is 11.1 Å². The molecular weight excluding hydrogens is 249 g/mol. The van der Waals surface area contributed by atoms with Crippen molar-refractivity contribution in [3.8, 4) is 0 Å². The lowest BCUT2D eigenvalue weighted by Crippen LogP contribution is -2.20. The van der Waals surface area contributed by atoms with Crippen LogP contribution in [0.2, 0.25) is 0 Å². The monoisotopic (exact) mass is 271 g/mol. The summed E-state index contributed by atoms with van der Waals surface area (Å²) in [5.74, 6) is -0.139. The van der Waals surface area contributed by atoms with E-state index < -0.39 is 0 Å². The van der Waals surface area contributed by atoms with Gasteiger partial charge in [-0.1, -0.05) is 48.9 Å². The minimum Gasteiger partial charge on any atom is -0.313 e. The molecule has 0 radical (unpaired) electrons. The third kappa shape index (κ3) is 3.45. The number of hydrogen-bond donors (Lipinski definition) is 1. The highest BCUT2D eigenvalue weighted by molar-refractivity contribution is 5.30. The zero-order chi connectivity index (χ0) is 14.5. The quantitative estimate of drug-likeness (QED) is 0.859. The van der Waals surface area contributed by atoms with Gasteiger partial charge in [-0.2, -0.15) is 0 Å². The van der Waals surface area contributed by atoms with Crippen LogP contribution in [0.1, 0.15) is 35.2 Å². The number of benzene rings is 2. The molecule has 0 heterocycles. The Morgan fingerprint density at radius 3 is 2.30 bits per heavy atom. The molecule has 0 spiro atoms. The lowest BCUT2D eigenvalue weighted by Gasteiger charge is -2.18. The minimum atomic E-state index is -0.139. The van der Waals surface area contributed by atoms with Gasteiger partial charge in [0.25, 0.3) is 0 Å². The molecule has 0 aliphatic heterocycles. The Bertz CT molecular complexity index is 560. The zero-order valence-electron chi connectivity index (χ0n) is 12.4. The fourth-order valence-corrected chi connectivity index (χ4v) is 2.44. The molecular formula is C18H22FN. The maximum Gasteiger partial charge on any atom is 0.128 e. The van der Waals surface area contributed by atoms with E-state index in [1.54, 1.807) is 6.07 Å². The fourth-order valence-electron chi connectivity index (χ4n) is 2.44. The van der Waals surface area contributed by atoms with Crippen LogP contribution in [0.15, 0.2) is 42.5 Å². The summed E-state index contributed by atoms with van der Waals surface area (Å²) < 4.78 is 14.0. The Morgan fingerprint density at radius 1 is 1.05 bits per heavy atom. The highest BCUT2D eigenvalue weighted by Crippen LogP contribution is 2.22. The van der Waals surface area contributed by atoms with E-state index in [0.29, 0.717) is 0 Å². The van der Waals surface area contributed by atoms with Gasteiger partial charge >= 0.3 is 0 Å². The molecule has 2 rings (SSSR count). The van der Waals surface area contributed by atoms with Gasteiger partial charge in [0, 0.05) is 11.6 Å². The molecule has 0 aliphatic carbocycles. The first-order valence-corrected chi connectivity index (χ1v) is 7.15. The van der Waals surface area contributed by atoms with Crippen LogP contribution in [0.4, 0.5) is 4.39 Å². The topological polar surface area (TPSA) is 12.0 Å². The lowest BCUT2D eigenvalue weighted by atomic mass is 9.96. The SMILES string of the molecule is CCc1ccc(CC(NC)c2cc(C)ccc2F)cc1. The molecule has 0 saturated heterocycles. The van der Waals surface area contributed by atoms with Crippen molar-refractivity contribution >= 4 is 0 Å². The second-order valence-electron chi connectivity index (χ2n) is 5.24. The van der Waals surface area contributed by atoms with Crippen LogP contribution >= 0.6 is 0 Å². The first-order valence-electron chi connectivity index (χ1n) is 7.15. The Balaban J connectivity index is 2.21. The van der Waals surface area contributed by atoms with Crippen molar-refractivity contribution in [2.45, 2.75) is 32.7 Å². The van der Waals surface area contributed by atoms with Crippen molar-refractivity contribution < 1.29 is 4.39 Å². The molecule has 20 heavy (non-hydrogen) atoms. The van der Waals surface area contributed by atoms with Gasteiger partial charge in [-0.15, -0.1) is 0 Å². The van der Waals surface area contributed by atoms with Crippen LogP contribution in [0.5, 0.6) is 0 Å². The average molecular weight is 271 g/mol. The Morgan fingerprint density at radius 2 is 1.70 bits per heavy atom. The number of rotatable bonds is 5. The van der Waals surface area contributed by atoms with Crippen LogP contribution in [0.3, 0.4) is 0 Å². The van der Waals surface area contributed by atoms with Crippen molar-refractivity contribution in [3.05, 3.63) is 70.5 Å². The minimum absolute atomic E-state index is 0.00220. The number of nitrogens with one attached hydrogen (secondary N) is 1. The maximum absolute atomic E-state index is 14.0. The molecule has 2 heteroatoms. The predicted octanol–water partition coefficient (Wildman–Crippen LogP) is 4.20. The normalized spacial score (nSPS) is 12.4. The van der Waals surface area contributed by atoms with E-state index in [2.05, 4.69) is 36.5 Å². The molecule has 1 unspecified atom stereocenters. The Hall–Kier alpha value is -1.67. The van der Waals surface area contributed by atoms with Gasteiger partial charge in [0.05, 0.1) is 0 Å². The van der Waals surface area contributed by atoms with E-state index in [-0.39, 0.29) is 11.9 Å². The molecule has 0 saturated carbocycles. The molecule has 106 valence electrons. The number of aryl methyl sites for hydroxylation is 2. The molecule has 1 nitrogen and oxygen atoms in total. The molecule has 1 atom stereocenters. The summed E-state index contributed by atoms with van der Waals surface area (Å²) in [4.78, 5) is 0. The second-order valence-corrected chi connectivity index (χ2v) is 5.24. The summed E-state index contributed by atoms with van der Waals surface area (Å²) in [5, 5.41) is 3.22. The fraction of sp³-hybridized carbons (Fsp3) is 0.333. The van der Waals surface area contributed by atoms with Crippen molar-refractivity contribution in [2.75, 3.05) is 7.05 Å². The van der Waals surface area contributed by atoms with E-state index >= 15 is 0 Å². The summed E-state index contributed by atoms with van der Waals surface area (Å²) in [6.07, 6.45) is 1.84. The largest absolute Gasteiger partial charge is 0.313 e. The van der Waals surface area contributed by atoms with Gasteiger partial charge in [0.1, 0.15) is 5.82 Å². The summed E-state index contributed by atoms with van der Waals surface area (Å²) in [5.41, 5.74) is 4.38. The second kappa shape index (κ2) is 6.67. The van der Waals surface area contributed by atoms with Gasteiger partial charge in [-0.3, -0.25) is 0 Å². The summed E-state index contributed by atoms with van der Waals surface area (Å²) in [7, 11) is 1.88. The zero-order valence-corrected chi connectivity index (χ0v) is 12.4. The summed E-state index contributed by atoms with van der Waals surface area (Å²) in [6, 6.07) is 13.9. The molecule has 0 aliphatic rings. The lowest BCUT2D eigenvalue weighted by molar-refractivity contribution is 0.533. The van der Waals surface area contributed by atoms with Gasteiger partial charge < -0.3 is 5.32 Å². The molecule has 1 N–H and O–H groups in total. The maximum atomic E-state index is 14.0. The van der Waals surface area contributed by atoms with Crippen molar-refractivity contribution in [1.82, 2.24) is 5.32 Å². The van der Waals surface area contributed by atoms with E-state index in [4.69, 9.17) is 0 Å². The third-order valence-electron chi connectivity index (χ3n) is 3.75. The van der Waals surface area contributed by atoms with Crippen LogP contribution in [0, 0.1) is 12.7 Å². The van der Waals surface area contributed by atoms with Gasteiger partial charge in [0.15, 0.2) is 0 Å². The number of likely N-dealkylation sites (N-methyl/N-ethyl adjacent to an activating group) is 1. The van der Waals surface area contributed by atoms with Crippen LogP contribution in [-0.2, 0) is 12.8 Å². The summed E-state index contributed by atoms with van der Waals surface area (Å²) in [6.45, 7) is 4.14. The van der Waals surface area contributed by atoms with Crippen molar-refractivity contribution in [3.63, 3.8) is 0 Å². The molecule has 0 aromatic heterocycles. The molecule has 2 aromatic rings. The molecule has 0 fully saturated rings. The van der Waals surface area contributed by atoms with Crippen LogP contribution in [-0.4, -0.2) is 7.05 Å². The highest BCUT2D eigenvalue weighted by Gasteiger charge is 2.14. The van der Waals surface area contributed by atoms with E-state index in [9.17, 15) is 4.39 Å². The number of hydrogen-bond acceptors (Lipinski definition) is 1. The van der Waals surface area contributed by atoms with Crippen LogP contribution in [0.25, 0.3) is 0 Å². The van der Waals surface area contributed by atoms with Crippen molar-refractivity contribution in [1.29, 1.82) is 0 Å². The van der Waals surface area contributed by atoms with Crippen LogP contribution < -0.4 is 5.32 Å². The van der Waals surface area contributed by atoms with Crippen molar-refractivity contribution in [2.24, 2.45) is 0 Å². The standard InChI is InChI=1S/C18H22FN/c1-4-14-6-8-15(9-7-14)12-18(20-3)16-11-13(2)5-10-17(16)19/h5-11,18,20H,4,12H2,1-3H3. The van der Waals surface area contributed by atoms with Gasteiger partial charge in [0.2, 0.25) is 0 Å². The Kier molecular flexibility index (Phi) is 4.91. The van der Waals surface area contributed by atoms with E-state index in [1.807, 2.05) is 26.1 Å². The van der Waals surface area contributed by atoms with E-state index in [0.717, 1.165) is 24.0 Å². The first kappa shape index (κ1) is 14.7. The highest BCUT2D eigenvalue weighted by atomic mass is 19.1. The smallest absolute Gasteiger partial charge is 0.128 e.